The van der Waals surface area contributed by atoms with Gasteiger partial charge in [0.05, 0.1) is 96.9 Å². The number of benzene rings is 7. The summed E-state index contributed by atoms with van der Waals surface area (Å²) in [7, 11) is 0. The monoisotopic (exact) mass is 880 g/mol. The lowest BCUT2D eigenvalue weighted by atomic mass is 9.65. The largest absolute Gasteiger partial charge is 0.457 e. The fraction of sp³-hybridized carbons (Fsp3) is 0.0167. The van der Waals surface area contributed by atoms with Gasteiger partial charge in [0.15, 0.2) is 0 Å². The first kappa shape index (κ1) is 37.4. The highest BCUT2D eigenvalue weighted by Gasteiger charge is 2.54. The quantitative estimate of drug-likeness (QED) is 0.175. The van der Waals surface area contributed by atoms with E-state index in [1.807, 2.05) is 67.3 Å². The molecule has 0 saturated carbocycles. The molecule has 7 aromatic carbocycles. The Kier molecular flexibility index (Phi) is 7.38. The summed E-state index contributed by atoms with van der Waals surface area (Å²) in [5, 5.41) is 26.4. The van der Waals surface area contributed by atoms with E-state index in [1.54, 1.807) is 0 Å². The van der Waals surface area contributed by atoms with Gasteiger partial charge in [-0.1, -0.05) is 72.8 Å². The number of rotatable bonds is 3. The third-order valence-corrected chi connectivity index (χ3v) is 14.5. The summed E-state index contributed by atoms with van der Waals surface area (Å²) in [4.78, 5) is 15.1. The maximum Gasteiger partial charge on any atom is 0.134 e. The standard InChI is InChI=1S/C60H32N8O/c61-31-35-18-22-51-43(27-35)40-10-2-5-14-49(40)67(51)38-29-47-59(65-33-38)58-46(12-8-25-64-58)60(47)45-21-20-37(66-48-13-4-1-9-39(48)42-24-26-63-34-54(42)66)30-56(45)69-55-17-7-16-53(57(55)60)68-50-15-6-3-11-41(50)44-28-36(32-62)19-23-52(44)68/h1-30,33-34H. The minimum absolute atomic E-state index is 0.598. The minimum atomic E-state index is -1.01. The Bertz CT molecular complexity index is 4470. The maximum atomic E-state index is 10.1. The maximum absolute atomic E-state index is 10.1. The second-order valence-corrected chi connectivity index (χ2v) is 17.8. The summed E-state index contributed by atoms with van der Waals surface area (Å²) < 4.78 is 14.2. The van der Waals surface area contributed by atoms with E-state index in [9.17, 15) is 10.5 Å². The topological polar surface area (TPSA) is 110 Å². The number of para-hydroxylation sites is 3. The smallest absolute Gasteiger partial charge is 0.134 e. The van der Waals surface area contributed by atoms with E-state index in [-0.39, 0.29) is 0 Å². The Labute approximate surface area is 393 Å². The second kappa shape index (κ2) is 13.6. The molecule has 1 unspecified atom stereocenters. The average molecular weight is 881 g/mol. The highest BCUT2D eigenvalue weighted by molar-refractivity contribution is 6.12. The van der Waals surface area contributed by atoms with Gasteiger partial charge in [-0.3, -0.25) is 15.0 Å². The molecule has 9 heteroatoms. The van der Waals surface area contributed by atoms with Gasteiger partial charge in [-0.15, -0.1) is 0 Å². The molecule has 15 rings (SSSR count). The summed E-state index contributed by atoms with van der Waals surface area (Å²) in [5.74, 6) is 1.41. The van der Waals surface area contributed by atoms with Crippen LogP contribution in [0.4, 0.5) is 0 Å². The van der Waals surface area contributed by atoms with E-state index < -0.39 is 5.41 Å². The van der Waals surface area contributed by atoms with E-state index in [1.165, 1.54) is 0 Å². The van der Waals surface area contributed by atoms with Crippen molar-refractivity contribution in [1.29, 1.82) is 10.5 Å². The van der Waals surface area contributed by atoms with Crippen molar-refractivity contribution in [3.63, 3.8) is 0 Å². The first-order chi connectivity index (χ1) is 34.1. The van der Waals surface area contributed by atoms with Gasteiger partial charge in [0, 0.05) is 73.2 Å². The lowest BCUT2D eigenvalue weighted by molar-refractivity contribution is 0.435. The summed E-state index contributed by atoms with van der Waals surface area (Å²) >= 11 is 0. The van der Waals surface area contributed by atoms with Crippen molar-refractivity contribution in [3.05, 3.63) is 228 Å². The SMILES string of the molecule is N#Cc1ccc2c(c1)c1ccccc1n2-c1cnc2c(c1)C1(c3ccc(-n4c5ccccc5c5ccncc54)cc3Oc3cccc(-n4c5ccccc5c5cc(C#N)ccc54)c31)c1cccnc1-2. The molecule has 7 heterocycles. The van der Waals surface area contributed by atoms with Gasteiger partial charge in [0.25, 0.3) is 0 Å². The van der Waals surface area contributed by atoms with Crippen molar-refractivity contribution in [3.8, 4) is 52.1 Å². The number of aromatic nitrogens is 6. The van der Waals surface area contributed by atoms with Crippen LogP contribution < -0.4 is 4.74 Å². The fourth-order valence-electron chi connectivity index (χ4n) is 11.8. The van der Waals surface area contributed by atoms with Crippen LogP contribution in [-0.4, -0.2) is 28.7 Å². The lowest BCUT2D eigenvalue weighted by Crippen LogP contribution is -2.34. The van der Waals surface area contributed by atoms with Crippen LogP contribution in [0.15, 0.2) is 195 Å². The van der Waals surface area contributed by atoms with Crippen LogP contribution in [0.25, 0.3) is 93.9 Å². The van der Waals surface area contributed by atoms with Crippen molar-refractivity contribution in [2.75, 3.05) is 0 Å². The van der Waals surface area contributed by atoms with Crippen LogP contribution >= 0.6 is 0 Å². The molecule has 2 aliphatic rings. The summed E-state index contributed by atoms with van der Waals surface area (Å²) in [6.45, 7) is 0. The van der Waals surface area contributed by atoms with Crippen LogP contribution in [0.3, 0.4) is 0 Å². The van der Waals surface area contributed by atoms with Gasteiger partial charge >= 0.3 is 0 Å². The molecule has 1 spiro atoms. The van der Waals surface area contributed by atoms with Gasteiger partial charge in [-0.05, 0) is 96.6 Å². The zero-order valence-electron chi connectivity index (χ0n) is 36.5. The van der Waals surface area contributed by atoms with Crippen molar-refractivity contribution in [1.82, 2.24) is 28.7 Å². The molecular weight excluding hydrogens is 849 g/mol. The first-order valence-corrected chi connectivity index (χ1v) is 22.8. The number of hydrogen-bond donors (Lipinski definition) is 0. The van der Waals surface area contributed by atoms with Crippen molar-refractivity contribution < 1.29 is 4.74 Å². The molecule has 6 aromatic heterocycles. The normalized spacial score (nSPS) is 14.5. The molecule has 1 aliphatic carbocycles. The molecule has 0 fully saturated rings. The molecule has 318 valence electrons. The van der Waals surface area contributed by atoms with Crippen LogP contribution in [0.1, 0.15) is 33.4 Å². The summed E-state index contributed by atoms with van der Waals surface area (Å²) in [6, 6.07) is 63.3. The molecule has 0 saturated heterocycles. The highest BCUT2D eigenvalue weighted by Crippen LogP contribution is 2.63. The Morgan fingerprint density at radius 3 is 1.77 bits per heavy atom. The van der Waals surface area contributed by atoms with Crippen LogP contribution in [0, 0.1) is 22.7 Å². The molecule has 69 heavy (non-hydrogen) atoms. The third kappa shape index (κ3) is 4.82. The minimum Gasteiger partial charge on any atom is -0.457 e. The first-order valence-electron chi connectivity index (χ1n) is 22.8. The van der Waals surface area contributed by atoms with Gasteiger partial charge in [0.1, 0.15) is 11.5 Å². The molecule has 0 radical (unpaired) electrons. The molecular formula is C60H32N8O. The fourth-order valence-corrected chi connectivity index (χ4v) is 11.8. The van der Waals surface area contributed by atoms with Crippen molar-refractivity contribution in [2.24, 2.45) is 0 Å². The number of pyridine rings is 3. The average Bonchev–Trinajstić information content (AvgIpc) is 4.12. The van der Waals surface area contributed by atoms with Gasteiger partial charge < -0.3 is 18.4 Å². The van der Waals surface area contributed by atoms with Crippen LogP contribution in [0.5, 0.6) is 11.5 Å². The molecule has 9 nitrogen and oxygen atoms in total. The second-order valence-electron chi connectivity index (χ2n) is 17.8. The van der Waals surface area contributed by atoms with Crippen molar-refractivity contribution in [2.45, 2.75) is 5.41 Å². The Morgan fingerprint density at radius 1 is 0.420 bits per heavy atom. The molecule has 1 atom stereocenters. The molecule has 0 N–H and O–H groups in total. The predicted molar refractivity (Wildman–Crippen MR) is 270 cm³/mol. The highest BCUT2D eigenvalue weighted by atomic mass is 16.5. The number of ether oxygens (including phenoxy) is 1. The summed E-state index contributed by atoms with van der Waals surface area (Å²) in [5.41, 5.74) is 14.4. The van der Waals surface area contributed by atoms with Gasteiger partial charge in [0.2, 0.25) is 0 Å². The Hall–Kier alpha value is -9.83. The molecule has 1 aliphatic heterocycles. The molecule has 13 aromatic rings. The van der Waals surface area contributed by atoms with Gasteiger partial charge in [-0.2, -0.15) is 10.5 Å². The Balaban J connectivity index is 1.08. The molecule has 0 bridgehead atoms. The summed E-state index contributed by atoms with van der Waals surface area (Å²) in [6.07, 6.45) is 7.58. The number of fused-ring (bicyclic) bond motifs is 18. The zero-order chi connectivity index (χ0) is 45.5. The number of nitriles is 2. The van der Waals surface area contributed by atoms with Gasteiger partial charge in [-0.25, -0.2) is 0 Å². The lowest BCUT2D eigenvalue weighted by Gasteiger charge is -2.40. The predicted octanol–water partition coefficient (Wildman–Crippen LogP) is 13.4. The van der Waals surface area contributed by atoms with E-state index in [0.717, 1.165) is 116 Å². The van der Waals surface area contributed by atoms with E-state index >= 15 is 0 Å². The van der Waals surface area contributed by atoms with E-state index in [4.69, 9.17) is 14.7 Å². The third-order valence-electron chi connectivity index (χ3n) is 14.5. The Morgan fingerprint density at radius 2 is 1.04 bits per heavy atom. The zero-order valence-corrected chi connectivity index (χ0v) is 36.5. The van der Waals surface area contributed by atoms with E-state index in [0.29, 0.717) is 22.6 Å². The number of nitrogens with zero attached hydrogens (tertiary/aromatic N) is 8. The van der Waals surface area contributed by atoms with Crippen LogP contribution in [0.2, 0.25) is 0 Å². The van der Waals surface area contributed by atoms with E-state index in [2.05, 4.69) is 158 Å². The molecule has 0 amide bonds. The van der Waals surface area contributed by atoms with Crippen LogP contribution in [-0.2, 0) is 5.41 Å². The number of hydrogen-bond acceptors (Lipinski definition) is 6. The van der Waals surface area contributed by atoms with Crippen molar-refractivity contribution >= 4 is 65.4 Å².